The van der Waals surface area contributed by atoms with Gasteiger partial charge in [-0.1, -0.05) is 6.92 Å². The minimum absolute atomic E-state index is 0.0134. The van der Waals surface area contributed by atoms with E-state index in [1.807, 2.05) is 6.92 Å². The number of carbonyl (C=O) groups excluding carboxylic acids is 3. The van der Waals surface area contributed by atoms with Gasteiger partial charge < -0.3 is 19.3 Å². The number of aromatic nitrogens is 1. The Bertz CT molecular complexity index is 1160. The molecule has 0 atom stereocenters. The van der Waals surface area contributed by atoms with E-state index in [1.165, 1.54) is 21.1 Å². The molecule has 0 bridgehead atoms. The highest BCUT2D eigenvalue weighted by Gasteiger charge is 2.17. The lowest BCUT2D eigenvalue weighted by molar-refractivity contribution is -0.129. The van der Waals surface area contributed by atoms with Crippen LogP contribution in [0.4, 0.5) is 5.13 Å². The van der Waals surface area contributed by atoms with E-state index in [0.29, 0.717) is 40.1 Å². The fourth-order valence-corrected chi connectivity index (χ4v) is 3.48. The second-order valence-corrected chi connectivity index (χ2v) is 8.80. The van der Waals surface area contributed by atoms with Crippen molar-refractivity contribution in [1.29, 1.82) is 0 Å². The summed E-state index contributed by atoms with van der Waals surface area (Å²) in [5.74, 6) is 0.627. The molecule has 0 radical (unpaired) electrons. The minimum atomic E-state index is -0.331. The SMILES string of the molecule is CCCOc1cc(Oc2ccc(C(=O)N(C)CC(=O)N(C)C)cc2)cc(C(=O)Nc2nccs2)c1. The summed E-state index contributed by atoms with van der Waals surface area (Å²) in [5, 5.41) is 5.02. The number of thiazole rings is 1. The summed E-state index contributed by atoms with van der Waals surface area (Å²) in [5.41, 5.74) is 0.790. The van der Waals surface area contributed by atoms with Gasteiger partial charge in [-0.15, -0.1) is 11.3 Å². The van der Waals surface area contributed by atoms with Gasteiger partial charge >= 0.3 is 0 Å². The molecule has 35 heavy (non-hydrogen) atoms. The number of anilines is 1. The number of rotatable bonds is 10. The third-order valence-corrected chi connectivity index (χ3v) is 5.51. The van der Waals surface area contributed by atoms with E-state index >= 15 is 0 Å². The zero-order chi connectivity index (χ0) is 25.4. The fraction of sp³-hybridized carbons (Fsp3) is 0.280. The van der Waals surface area contributed by atoms with Crippen LogP contribution in [0.25, 0.3) is 0 Å². The second-order valence-electron chi connectivity index (χ2n) is 7.91. The number of likely N-dealkylation sites (N-methyl/N-ethyl adjacent to an activating group) is 2. The molecule has 0 saturated heterocycles. The zero-order valence-corrected chi connectivity index (χ0v) is 20.9. The van der Waals surface area contributed by atoms with Gasteiger partial charge in [0.05, 0.1) is 13.2 Å². The first kappa shape index (κ1) is 25.7. The Morgan fingerprint density at radius 3 is 2.31 bits per heavy atom. The summed E-state index contributed by atoms with van der Waals surface area (Å²) in [6.07, 6.45) is 2.43. The van der Waals surface area contributed by atoms with E-state index in [9.17, 15) is 14.4 Å². The van der Waals surface area contributed by atoms with Gasteiger partial charge in [0.1, 0.15) is 17.2 Å². The van der Waals surface area contributed by atoms with Gasteiger partial charge in [-0.05, 0) is 42.8 Å². The Balaban J connectivity index is 1.75. The first-order chi connectivity index (χ1) is 16.8. The van der Waals surface area contributed by atoms with Gasteiger partial charge in [-0.3, -0.25) is 19.7 Å². The Morgan fingerprint density at radius 2 is 1.69 bits per heavy atom. The van der Waals surface area contributed by atoms with E-state index < -0.39 is 0 Å². The summed E-state index contributed by atoms with van der Waals surface area (Å²) in [6, 6.07) is 11.5. The van der Waals surface area contributed by atoms with Crippen molar-refractivity contribution in [3.8, 4) is 17.2 Å². The van der Waals surface area contributed by atoms with Crippen LogP contribution in [0.15, 0.2) is 54.0 Å². The van der Waals surface area contributed by atoms with Crippen LogP contribution in [0.3, 0.4) is 0 Å². The number of nitrogens with one attached hydrogen (secondary N) is 1. The normalized spacial score (nSPS) is 10.4. The van der Waals surface area contributed by atoms with Crippen molar-refractivity contribution in [2.75, 3.05) is 39.6 Å². The van der Waals surface area contributed by atoms with Crippen LogP contribution < -0.4 is 14.8 Å². The number of benzene rings is 2. The van der Waals surface area contributed by atoms with Crippen molar-refractivity contribution in [2.24, 2.45) is 0 Å². The third kappa shape index (κ3) is 7.28. The molecule has 0 aliphatic rings. The van der Waals surface area contributed by atoms with Crippen molar-refractivity contribution in [3.05, 3.63) is 65.2 Å². The standard InChI is InChI=1S/C25H28N4O5S/c1-5-11-33-20-13-18(23(31)27-25-26-10-12-35-25)14-21(15-20)34-19-8-6-17(7-9-19)24(32)29(4)16-22(30)28(2)3/h6-10,12-15H,5,11,16H2,1-4H3,(H,26,27,31). The van der Waals surface area contributed by atoms with Crippen LogP contribution in [-0.2, 0) is 4.79 Å². The average molecular weight is 497 g/mol. The van der Waals surface area contributed by atoms with Gasteiger partial charge in [0.15, 0.2) is 5.13 Å². The highest BCUT2D eigenvalue weighted by atomic mass is 32.1. The predicted molar refractivity (Wildman–Crippen MR) is 134 cm³/mol. The molecule has 1 heterocycles. The molecule has 0 saturated carbocycles. The Labute approximate surface area is 208 Å². The number of hydrogen-bond donors (Lipinski definition) is 1. The molecule has 0 aliphatic carbocycles. The molecule has 0 fully saturated rings. The monoisotopic (exact) mass is 496 g/mol. The van der Waals surface area contributed by atoms with E-state index in [0.717, 1.165) is 6.42 Å². The average Bonchev–Trinajstić information content (AvgIpc) is 3.35. The minimum Gasteiger partial charge on any atom is -0.493 e. The van der Waals surface area contributed by atoms with Crippen LogP contribution in [0.2, 0.25) is 0 Å². The summed E-state index contributed by atoms with van der Waals surface area (Å²) in [6.45, 7) is 2.48. The van der Waals surface area contributed by atoms with Crippen LogP contribution in [0, 0.1) is 0 Å². The Kier molecular flexibility index (Phi) is 8.80. The van der Waals surface area contributed by atoms with E-state index in [2.05, 4.69) is 10.3 Å². The molecular weight excluding hydrogens is 468 g/mol. The second kappa shape index (κ2) is 12.0. The first-order valence-corrected chi connectivity index (χ1v) is 11.9. The number of nitrogens with zero attached hydrogens (tertiary/aromatic N) is 3. The Hall–Kier alpha value is -3.92. The zero-order valence-electron chi connectivity index (χ0n) is 20.1. The Morgan fingerprint density at radius 1 is 0.971 bits per heavy atom. The smallest absolute Gasteiger partial charge is 0.257 e. The molecule has 3 aromatic rings. The van der Waals surface area contributed by atoms with Crippen LogP contribution in [0.1, 0.15) is 34.1 Å². The molecular formula is C25H28N4O5S. The molecule has 1 N–H and O–H groups in total. The maximum absolute atomic E-state index is 12.7. The lowest BCUT2D eigenvalue weighted by Gasteiger charge is -2.19. The first-order valence-electron chi connectivity index (χ1n) is 11.0. The lowest BCUT2D eigenvalue weighted by atomic mass is 10.1. The molecule has 1 aromatic heterocycles. The molecule has 0 unspecified atom stereocenters. The van der Waals surface area contributed by atoms with Crippen molar-refractivity contribution < 1.29 is 23.9 Å². The molecule has 2 aromatic carbocycles. The van der Waals surface area contributed by atoms with Crippen LogP contribution in [-0.4, -0.2) is 66.8 Å². The van der Waals surface area contributed by atoms with E-state index in [1.54, 1.807) is 75.2 Å². The van der Waals surface area contributed by atoms with Gasteiger partial charge in [0.25, 0.3) is 11.8 Å². The number of ether oxygens (including phenoxy) is 2. The fourth-order valence-electron chi connectivity index (χ4n) is 2.96. The largest absolute Gasteiger partial charge is 0.493 e. The maximum Gasteiger partial charge on any atom is 0.257 e. The molecule has 3 rings (SSSR count). The summed E-state index contributed by atoms with van der Waals surface area (Å²) in [7, 11) is 4.86. The summed E-state index contributed by atoms with van der Waals surface area (Å²) >= 11 is 1.32. The number of carbonyl (C=O) groups is 3. The number of amides is 3. The summed E-state index contributed by atoms with van der Waals surface area (Å²) in [4.78, 5) is 44.1. The third-order valence-electron chi connectivity index (χ3n) is 4.82. The van der Waals surface area contributed by atoms with Crippen LogP contribution >= 0.6 is 11.3 Å². The molecule has 9 nitrogen and oxygen atoms in total. The summed E-state index contributed by atoms with van der Waals surface area (Å²) < 4.78 is 11.7. The number of hydrogen-bond acceptors (Lipinski definition) is 7. The van der Waals surface area contributed by atoms with Crippen molar-refractivity contribution in [1.82, 2.24) is 14.8 Å². The van der Waals surface area contributed by atoms with Gasteiger partial charge in [-0.2, -0.15) is 0 Å². The van der Waals surface area contributed by atoms with Gasteiger partial charge in [-0.25, -0.2) is 4.98 Å². The molecule has 10 heteroatoms. The molecule has 3 amide bonds. The molecule has 184 valence electrons. The van der Waals surface area contributed by atoms with Crippen molar-refractivity contribution >= 4 is 34.2 Å². The lowest BCUT2D eigenvalue weighted by Crippen LogP contribution is -2.37. The molecule has 0 aliphatic heterocycles. The predicted octanol–water partition coefficient (Wildman–Crippen LogP) is 4.14. The quantitative estimate of drug-likeness (QED) is 0.453. The van der Waals surface area contributed by atoms with E-state index in [4.69, 9.17) is 9.47 Å². The van der Waals surface area contributed by atoms with Crippen molar-refractivity contribution in [2.45, 2.75) is 13.3 Å². The van der Waals surface area contributed by atoms with E-state index in [-0.39, 0.29) is 24.3 Å². The van der Waals surface area contributed by atoms with Crippen LogP contribution in [0.5, 0.6) is 17.2 Å². The maximum atomic E-state index is 12.7. The molecule has 0 spiro atoms. The highest BCUT2D eigenvalue weighted by molar-refractivity contribution is 7.13. The topological polar surface area (TPSA) is 101 Å². The van der Waals surface area contributed by atoms with Crippen molar-refractivity contribution in [3.63, 3.8) is 0 Å². The van der Waals surface area contributed by atoms with Gasteiger partial charge in [0, 0.05) is 49.9 Å². The van der Waals surface area contributed by atoms with Gasteiger partial charge in [0.2, 0.25) is 5.91 Å². The highest BCUT2D eigenvalue weighted by Crippen LogP contribution is 2.29.